The zero-order valence-electron chi connectivity index (χ0n) is 17.8. The molecule has 0 unspecified atom stereocenters. The summed E-state index contributed by atoms with van der Waals surface area (Å²) < 4.78 is 4.92. The Bertz CT molecular complexity index is 822. The highest BCUT2D eigenvalue weighted by atomic mass is 16.6. The smallest absolute Gasteiger partial charge is 0.326 e. The van der Waals surface area contributed by atoms with Gasteiger partial charge in [0.25, 0.3) is 5.69 Å². The minimum absolute atomic E-state index is 0.0772. The number of nitrogens with one attached hydrogen (secondary N) is 2. The maximum absolute atomic E-state index is 12.7. The van der Waals surface area contributed by atoms with E-state index in [-0.39, 0.29) is 24.6 Å². The molecule has 11 nitrogen and oxygen atoms in total. The minimum Gasteiger partial charge on any atom is -0.480 e. The second kappa shape index (κ2) is 11.6. The van der Waals surface area contributed by atoms with Gasteiger partial charge in [-0.3, -0.25) is 24.5 Å². The number of ether oxygens (including phenoxy) is 1. The van der Waals surface area contributed by atoms with E-state index in [4.69, 9.17) is 4.74 Å². The number of carbonyl (C=O) groups excluding carboxylic acids is 3. The van der Waals surface area contributed by atoms with Crippen LogP contribution in [0.15, 0.2) is 24.3 Å². The summed E-state index contributed by atoms with van der Waals surface area (Å²) in [4.78, 5) is 58.6. The summed E-state index contributed by atoms with van der Waals surface area (Å²) in [5.41, 5.74) is 0.0899. The Labute approximate surface area is 179 Å². The van der Waals surface area contributed by atoms with Crippen LogP contribution in [0.1, 0.15) is 45.6 Å². The van der Waals surface area contributed by atoms with Crippen LogP contribution in [0.25, 0.3) is 0 Å². The number of non-ortho nitro benzene ring substituents is 1. The van der Waals surface area contributed by atoms with E-state index in [2.05, 4.69) is 10.6 Å². The molecule has 0 radical (unpaired) electrons. The first-order chi connectivity index (χ1) is 14.5. The Balaban J connectivity index is 3.29. The van der Waals surface area contributed by atoms with Crippen LogP contribution in [0.3, 0.4) is 0 Å². The third-order valence-electron chi connectivity index (χ3n) is 4.50. The predicted molar refractivity (Wildman–Crippen MR) is 109 cm³/mol. The monoisotopic (exact) mass is 437 g/mol. The highest BCUT2D eigenvalue weighted by Gasteiger charge is 2.35. The normalized spacial score (nSPS) is 13.6. The summed E-state index contributed by atoms with van der Waals surface area (Å²) >= 11 is 0. The number of aliphatic carboxylic acids is 1. The van der Waals surface area contributed by atoms with Gasteiger partial charge in [0.05, 0.1) is 18.0 Å². The number of carboxylic acids is 1. The zero-order valence-corrected chi connectivity index (χ0v) is 17.8. The first-order valence-corrected chi connectivity index (χ1v) is 9.68. The Kier molecular flexibility index (Phi) is 9.58. The van der Waals surface area contributed by atoms with Crippen LogP contribution in [0.2, 0.25) is 0 Å². The van der Waals surface area contributed by atoms with Gasteiger partial charge in [-0.2, -0.15) is 0 Å². The van der Waals surface area contributed by atoms with Crippen molar-refractivity contribution in [3.8, 4) is 0 Å². The number of carbonyl (C=O) groups is 4. The van der Waals surface area contributed by atoms with Crippen LogP contribution in [-0.2, 0) is 23.9 Å². The summed E-state index contributed by atoms with van der Waals surface area (Å²) in [5, 5.41) is 25.5. The zero-order chi connectivity index (χ0) is 23.7. The molecule has 1 aromatic rings. The fourth-order valence-electron chi connectivity index (χ4n) is 3.00. The van der Waals surface area contributed by atoms with E-state index in [1.165, 1.54) is 31.2 Å². The van der Waals surface area contributed by atoms with Gasteiger partial charge in [-0.15, -0.1) is 0 Å². The topological polar surface area (TPSA) is 165 Å². The Hall–Kier alpha value is -3.50. The SMILES string of the molecule is CCOC(=O)C[C@@H](c1ccc([N+](=O)[O-])cc1)[C@H](NC(=O)[C@H](NC(C)=O)C(C)C)C(=O)O. The molecule has 2 amide bonds. The molecule has 0 bridgehead atoms. The standard InChI is InChI=1S/C20H27N3O8/c1-5-31-16(25)10-15(13-6-8-14(9-7-13)23(29)30)18(20(27)28)22-19(26)17(11(2)3)21-12(4)24/h6-9,11,15,17-18H,5,10H2,1-4H3,(H,21,24)(H,22,26)(H,27,28)/t15-,17+,18-/m0/s1. The van der Waals surface area contributed by atoms with Crippen molar-refractivity contribution in [1.29, 1.82) is 0 Å². The summed E-state index contributed by atoms with van der Waals surface area (Å²) in [6.45, 7) is 6.27. The van der Waals surface area contributed by atoms with Gasteiger partial charge in [0.1, 0.15) is 12.1 Å². The average molecular weight is 437 g/mol. The molecule has 170 valence electrons. The minimum atomic E-state index is -1.55. The van der Waals surface area contributed by atoms with E-state index in [0.717, 1.165) is 0 Å². The quantitative estimate of drug-likeness (QED) is 0.265. The van der Waals surface area contributed by atoms with Crippen LogP contribution in [0.5, 0.6) is 0 Å². The van der Waals surface area contributed by atoms with Gasteiger partial charge >= 0.3 is 11.9 Å². The summed E-state index contributed by atoms with van der Waals surface area (Å²) in [6.07, 6.45) is -0.380. The first kappa shape index (κ1) is 25.5. The lowest BCUT2D eigenvalue weighted by atomic mass is 9.87. The number of esters is 1. The van der Waals surface area contributed by atoms with E-state index in [1.807, 2.05) is 0 Å². The molecular weight excluding hydrogens is 410 g/mol. The van der Waals surface area contributed by atoms with E-state index in [9.17, 15) is 34.4 Å². The number of benzene rings is 1. The molecule has 31 heavy (non-hydrogen) atoms. The lowest BCUT2D eigenvalue weighted by Crippen LogP contribution is -2.55. The molecule has 0 spiro atoms. The molecular formula is C20H27N3O8. The van der Waals surface area contributed by atoms with E-state index >= 15 is 0 Å². The summed E-state index contributed by atoms with van der Waals surface area (Å²) in [7, 11) is 0. The van der Waals surface area contributed by atoms with Gasteiger partial charge in [0.2, 0.25) is 11.8 Å². The molecule has 3 atom stereocenters. The van der Waals surface area contributed by atoms with Crippen molar-refractivity contribution in [3.05, 3.63) is 39.9 Å². The summed E-state index contributed by atoms with van der Waals surface area (Å²) in [6, 6.07) is 2.49. The molecule has 1 rings (SSSR count). The lowest BCUT2D eigenvalue weighted by molar-refractivity contribution is -0.384. The van der Waals surface area contributed by atoms with Crippen LogP contribution in [-0.4, -0.2) is 52.5 Å². The maximum atomic E-state index is 12.7. The van der Waals surface area contributed by atoms with Crippen molar-refractivity contribution < 1.29 is 33.9 Å². The van der Waals surface area contributed by atoms with Gasteiger partial charge in [-0.25, -0.2) is 4.79 Å². The van der Waals surface area contributed by atoms with Crippen LogP contribution in [0.4, 0.5) is 5.69 Å². The fraction of sp³-hybridized carbons (Fsp3) is 0.500. The highest BCUT2D eigenvalue weighted by Crippen LogP contribution is 2.27. The molecule has 0 saturated carbocycles. The van der Waals surface area contributed by atoms with E-state index in [0.29, 0.717) is 5.56 Å². The average Bonchev–Trinajstić information content (AvgIpc) is 2.68. The number of nitro groups is 1. The van der Waals surface area contributed by atoms with E-state index < -0.39 is 46.7 Å². The number of nitro benzene ring substituents is 1. The van der Waals surface area contributed by atoms with Crippen molar-refractivity contribution in [2.45, 2.75) is 52.1 Å². The molecule has 11 heteroatoms. The van der Waals surface area contributed by atoms with Crippen LogP contribution < -0.4 is 10.6 Å². The second-order valence-electron chi connectivity index (χ2n) is 7.21. The molecule has 1 aromatic carbocycles. The lowest BCUT2D eigenvalue weighted by Gasteiger charge is -2.28. The molecule has 0 aliphatic heterocycles. The van der Waals surface area contributed by atoms with Gasteiger partial charge < -0.3 is 20.5 Å². The summed E-state index contributed by atoms with van der Waals surface area (Å²) in [5.74, 6) is -4.68. The van der Waals surface area contributed by atoms with Gasteiger partial charge in [-0.1, -0.05) is 26.0 Å². The molecule has 0 heterocycles. The van der Waals surface area contributed by atoms with Crippen molar-refractivity contribution >= 4 is 29.4 Å². The molecule has 0 fully saturated rings. The molecule has 0 aromatic heterocycles. The Morgan fingerprint density at radius 1 is 1.10 bits per heavy atom. The maximum Gasteiger partial charge on any atom is 0.326 e. The van der Waals surface area contributed by atoms with Crippen molar-refractivity contribution in [2.75, 3.05) is 6.61 Å². The molecule has 0 aliphatic carbocycles. The van der Waals surface area contributed by atoms with Crippen molar-refractivity contribution in [1.82, 2.24) is 10.6 Å². The van der Waals surface area contributed by atoms with Crippen LogP contribution in [0, 0.1) is 16.0 Å². The van der Waals surface area contributed by atoms with Crippen molar-refractivity contribution in [3.63, 3.8) is 0 Å². The molecule has 0 saturated heterocycles. The largest absolute Gasteiger partial charge is 0.480 e. The third-order valence-corrected chi connectivity index (χ3v) is 4.50. The van der Waals surface area contributed by atoms with Gasteiger partial charge in [0, 0.05) is 25.0 Å². The molecule has 3 N–H and O–H groups in total. The second-order valence-corrected chi connectivity index (χ2v) is 7.21. The fourth-order valence-corrected chi connectivity index (χ4v) is 3.00. The number of amides is 2. The van der Waals surface area contributed by atoms with E-state index in [1.54, 1.807) is 20.8 Å². The number of carboxylic acid groups (broad SMARTS) is 1. The highest BCUT2D eigenvalue weighted by molar-refractivity contribution is 5.90. The number of nitrogens with zero attached hydrogens (tertiary/aromatic N) is 1. The third kappa shape index (κ3) is 7.68. The first-order valence-electron chi connectivity index (χ1n) is 9.68. The van der Waals surface area contributed by atoms with Gasteiger partial charge in [-0.05, 0) is 18.4 Å². The Morgan fingerprint density at radius 3 is 2.10 bits per heavy atom. The van der Waals surface area contributed by atoms with Crippen LogP contribution >= 0.6 is 0 Å². The number of hydrogen-bond donors (Lipinski definition) is 3. The number of hydrogen-bond acceptors (Lipinski definition) is 7. The van der Waals surface area contributed by atoms with Crippen molar-refractivity contribution in [2.24, 2.45) is 5.92 Å². The predicted octanol–water partition coefficient (Wildman–Crippen LogP) is 1.36. The molecule has 0 aliphatic rings. The van der Waals surface area contributed by atoms with Gasteiger partial charge in [0.15, 0.2) is 0 Å². The Morgan fingerprint density at radius 2 is 1.68 bits per heavy atom. The number of rotatable bonds is 11.